The molecule has 1 aliphatic heterocycles. The van der Waals surface area contributed by atoms with Crippen molar-refractivity contribution in [3.63, 3.8) is 0 Å². The van der Waals surface area contributed by atoms with Gasteiger partial charge in [0, 0.05) is 24.6 Å². The molecule has 8 heteroatoms. The predicted octanol–water partition coefficient (Wildman–Crippen LogP) is 3.63. The Balaban J connectivity index is 1.38. The van der Waals surface area contributed by atoms with Crippen molar-refractivity contribution >= 4 is 17.8 Å². The van der Waals surface area contributed by atoms with Crippen molar-refractivity contribution in [2.45, 2.75) is 45.2 Å². The maximum absolute atomic E-state index is 12.4. The lowest BCUT2D eigenvalue weighted by Gasteiger charge is -2.25. The van der Waals surface area contributed by atoms with E-state index >= 15 is 0 Å². The summed E-state index contributed by atoms with van der Waals surface area (Å²) in [4.78, 5) is 27.9. The standard InChI is InChI=1S/C23H27N7O/c1-15(2)18-12-25-22(31)30(18)20-8-11-24-21(27-20)28-23(9-10-23)19-13-29(14-26-19)17-6-4-16(3)5-7-17/h4-8,11,13-15,18H,9-10,12H2,1-3H3,(H,25,31)(H,24,27,28)/t18-/m1/s1. The fraction of sp³-hybridized carbons (Fsp3) is 0.391. The first-order valence-corrected chi connectivity index (χ1v) is 10.7. The van der Waals surface area contributed by atoms with Crippen LogP contribution in [0.15, 0.2) is 49.1 Å². The van der Waals surface area contributed by atoms with E-state index in [9.17, 15) is 4.79 Å². The fourth-order valence-corrected chi connectivity index (χ4v) is 4.08. The third-order valence-corrected chi connectivity index (χ3v) is 6.18. The van der Waals surface area contributed by atoms with Gasteiger partial charge in [-0.2, -0.15) is 4.98 Å². The second-order valence-corrected chi connectivity index (χ2v) is 8.81. The van der Waals surface area contributed by atoms with Crippen LogP contribution in [0.25, 0.3) is 5.69 Å². The molecule has 2 amide bonds. The molecular formula is C23H27N7O. The number of rotatable bonds is 6. The zero-order valence-electron chi connectivity index (χ0n) is 18.0. The number of nitrogens with one attached hydrogen (secondary N) is 2. The number of amides is 2. The molecule has 0 spiro atoms. The van der Waals surface area contributed by atoms with Gasteiger partial charge in [0.05, 0.1) is 23.6 Å². The molecule has 0 bridgehead atoms. The maximum Gasteiger partial charge on any atom is 0.323 e. The summed E-state index contributed by atoms with van der Waals surface area (Å²) in [6.45, 7) is 6.93. The lowest BCUT2D eigenvalue weighted by atomic mass is 10.0. The van der Waals surface area contributed by atoms with Crippen molar-refractivity contribution in [2.75, 3.05) is 16.8 Å². The summed E-state index contributed by atoms with van der Waals surface area (Å²) < 4.78 is 2.04. The van der Waals surface area contributed by atoms with E-state index in [4.69, 9.17) is 0 Å². The highest BCUT2D eigenvalue weighted by Gasteiger charge is 2.47. The van der Waals surface area contributed by atoms with Crippen LogP contribution in [0, 0.1) is 12.8 Å². The normalized spacial score (nSPS) is 19.5. The Morgan fingerprint density at radius 1 is 1.16 bits per heavy atom. The lowest BCUT2D eigenvalue weighted by Crippen LogP contribution is -2.38. The summed E-state index contributed by atoms with van der Waals surface area (Å²) in [6, 6.07) is 10.1. The van der Waals surface area contributed by atoms with Crippen molar-refractivity contribution in [2.24, 2.45) is 5.92 Å². The number of carbonyl (C=O) groups excluding carboxylic acids is 1. The summed E-state index contributed by atoms with van der Waals surface area (Å²) in [6.07, 6.45) is 7.54. The molecule has 3 aromatic rings. The molecule has 3 heterocycles. The van der Waals surface area contributed by atoms with Gasteiger partial charge in [-0.3, -0.25) is 4.90 Å². The Hall–Kier alpha value is -3.42. The van der Waals surface area contributed by atoms with Gasteiger partial charge in [-0.15, -0.1) is 0 Å². The summed E-state index contributed by atoms with van der Waals surface area (Å²) in [5, 5.41) is 6.41. The van der Waals surface area contributed by atoms with Crippen LogP contribution >= 0.6 is 0 Å². The van der Waals surface area contributed by atoms with Gasteiger partial charge in [-0.05, 0) is 43.9 Å². The first-order valence-electron chi connectivity index (χ1n) is 10.7. The number of urea groups is 1. The van der Waals surface area contributed by atoms with Crippen molar-refractivity contribution in [1.82, 2.24) is 24.8 Å². The van der Waals surface area contributed by atoms with Crippen LogP contribution in [0.2, 0.25) is 0 Å². The topological polar surface area (TPSA) is 88.0 Å². The molecule has 1 aromatic carbocycles. The fourth-order valence-electron chi connectivity index (χ4n) is 4.08. The average molecular weight is 418 g/mol. The largest absolute Gasteiger partial charge is 0.343 e. The minimum absolute atomic E-state index is 0.0790. The van der Waals surface area contributed by atoms with Crippen molar-refractivity contribution in [3.05, 3.63) is 60.3 Å². The summed E-state index contributed by atoms with van der Waals surface area (Å²) in [5.41, 5.74) is 3.02. The highest BCUT2D eigenvalue weighted by Crippen LogP contribution is 2.47. The van der Waals surface area contributed by atoms with E-state index in [1.54, 1.807) is 17.2 Å². The highest BCUT2D eigenvalue weighted by atomic mass is 16.2. The van der Waals surface area contributed by atoms with Crippen molar-refractivity contribution in [1.29, 1.82) is 0 Å². The molecule has 2 aromatic heterocycles. The Morgan fingerprint density at radius 2 is 1.94 bits per heavy atom. The summed E-state index contributed by atoms with van der Waals surface area (Å²) in [5.74, 6) is 1.46. The molecule has 160 valence electrons. The number of aryl methyl sites for hydroxylation is 1. The number of benzene rings is 1. The molecule has 2 N–H and O–H groups in total. The molecule has 1 saturated heterocycles. The Kier molecular flexibility index (Phi) is 4.64. The van der Waals surface area contributed by atoms with Gasteiger partial charge in [0.1, 0.15) is 5.82 Å². The summed E-state index contributed by atoms with van der Waals surface area (Å²) >= 11 is 0. The van der Waals surface area contributed by atoms with E-state index in [0.29, 0.717) is 24.2 Å². The van der Waals surface area contributed by atoms with E-state index in [1.807, 2.05) is 10.9 Å². The van der Waals surface area contributed by atoms with Crippen LogP contribution in [0.1, 0.15) is 37.9 Å². The number of imidazole rings is 1. The van der Waals surface area contributed by atoms with E-state index in [-0.39, 0.29) is 17.6 Å². The number of anilines is 2. The first kappa shape index (κ1) is 19.5. The number of hydrogen-bond acceptors (Lipinski definition) is 5. The van der Waals surface area contributed by atoms with E-state index < -0.39 is 0 Å². The zero-order valence-corrected chi connectivity index (χ0v) is 18.0. The predicted molar refractivity (Wildman–Crippen MR) is 119 cm³/mol. The Morgan fingerprint density at radius 3 is 2.65 bits per heavy atom. The lowest BCUT2D eigenvalue weighted by molar-refractivity contribution is 0.251. The average Bonchev–Trinajstić information content (AvgIpc) is 3.18. The second kappa shape index (κ2) is 7.37. The van der Waals surface area contributed by atoms with Gasteiger partial charge in [-0.1, -0.05) is 31.5 Å². The maximum atomic E-state index is 12.4. The second-order valence-electron chi connectivity index (χ2n) is 8.81. The molecule has 0 unspecified atom stereocenters. The van der Waals surface area contributed by atoms with Crippen LogP contribution in [-0.4, -0.2) is 38.1 Å². The molecule has 0 radical (unpaired) electrons. The number of aromatic nitrogens is 4. The minimum atomic E-state index is -0.265. The third kappa shape index (κ3) is 3.62. The van der Waals surface area contributed by atoms with E-state index in [2.05, 4.69) is 76.8 Å². The van der Waals surface area contributed by atoms with Crippen LogP contribution < -0.4 is 15.5 Å². The first-order chi connectivity index (χ1) is 14.9. The van der Waals surface area contributed by atoms with Crippen LogP contribution in [0.5, 0.6) is 0 Å². The highest BCUT2D eigenvalue weighted by molar-refractivity contribution is 5.94. The quantitative estimate of drug-likeness (QED) is 0.640. The van der Waals surface area contributed by atoms with Crippen LogP contribution in [-0.2, 0) is 5.54 Å². The van der Waals surface area contributed by atoms with Gasteiger partial charge in [-0.25, -0.2) is 14.8 Å². The molecule has 1 saturated carbocycles. The number of nitrogens with zero attached hydrogens (tertiary/aromatic N) is 5. The van der Waals surface area contributed by atoms with Gasteiger partial charge in [0.15, 0.2) is 0 Å². The van der Waals surface area contributed by atoms with Crippen molar-refractivity contribution < 1.29 is 4.79 Å². The molecule has 31 heavy (non-hydrogen) atoms. The Bertz CT molecular complexity index is 1100. The van der Waals surface area contributed by atoms with Crippen LogP contribution in [0.3, 0.4) is 0 Å². The van der Waals surface area contributed by atoms with Gasteiger partial charge in [0.2, 0.25) is 5.95 Å². The number of carbonyl (C=O) groups is 1. The monoisotopic (exact) mass is 417 g/mol. The Labute approximate surface area is 181 Å². The molecule has 8 nitrogen and oxygen atoms in total. The number of hydrogen-bond donors (Lipinski definition) is 2. The molecule has 1 aliphatic carbocycles. The molecule has 2 fully saturated rings. The molecule has 1 atom stereocenters. The summed E-state index contributed by atoms with van der Waals surface area (Å²) in [7, 11) is 0. The van der Waals surface area contributed by atoms with Gasteiger partial charge < -0.3 is 15.2 Å². The third-order valence-electron chi connectivity index (χ3n) is 6.18. The minimum Gasteiger partial charge on any atom is -0.343 e. The smallest absolute Gasteiger partial charge is 0.323 e. The SMILES string of the molecule is Cc1ccc(-n2cnc(C3(Nc4nccc(N5C(=O)NC[C@@H]5C(C)C)n4)CC3)c2)cc1. The van der Waals surface area contributed by atoms with E-state index in [1.165, 1.54) is 5.56 Å². The molecular weight excluding hydrogens is 390 g/mol. The van der Waals surface area contributed by atoms with Gasteiger partial charge >= 0.3 is 6.03 Å². The van der Waals surface area contributed by atoms with Crippen molar-refractivity contribution in [3.8, 4) is 5.69 Å². The van der Waals surface area contributed by atoms with E-state index in [0.717, 1.165) is 24.2 Å². The van der Waals surface area contributed by atoms with Crippen LogP contribution in [0.4, 0.5) is 16.6 Å². The van der Waals surface area contributed by atoms with Gasteiger partial charge in [0.25, 0.3) is 0 Å². The zero-order chi connectivity index (χ0) is 21.6. The molecule has 5 rings (SSSR count). The molecule has 2 aliphatic rings.